The molecule has 5 rings (SSSR count). The molecule has 7 heteroatoms. The normalized spacial score (nSPS) is 25.0. The van der Waals surface area contributed by atoms with Crippen molar-refractivity contribution in [3.8, 4) is 11.5 Å². The van der Waals surface area contributed by atoms with E-state index in [0.29, 0.717) is 0 Å². The van der Waals surface area contributed by atoms with Crippen LogP contribution in [0.5, 0.6) is 11.5 Å². The number of ether oxygens (including phenoxy) is 1. The fraction of sp³-hybridized carbons (Fsp3) is 0.556. The van der Waals surface area contributed by atoms with Crippen LogP contribution in [0.4, 0.5) is 0 Å². The third kappa shape index (κ3) is 3.47. The van der Waals surface area contributed by atoms with E-state index < -0.39 is 14.2 Å². The van der Waals surface area contributed by atoms with Gasteiger partial charge in [0, 0.05) is 16.5 Å². The molecule has 2 aromatic rings. The molecule has 3 aliphatic heterocycles. The van der Waals surface area contributed by atoms with E-state index in [9.17, 15) is 0 Å². The predicted molar refractivity (Wildman–Crippen MR) is 137 cm³/mol. The molecule has 3 heterocycles. The zero-order valence-electron chi connectivity index (χ0n) is 22.2. The summed E-state index contributed by atoms with van der Waals surface area (Å²) < 4.78 is 31.5. The van der Waals surface area contributed by atoms with Gasteiger partial charge in [0.2, 0.25) is 0 Å². The lowest BCUT2D eigenvalue weighted by atomic mass is 9.70. The summed E-state index contributed by atoms with van der Waals surface area (Å²) in [5, 5.41) is 0. The van der Waals surface area contributed by atoms with Crippen molar-refractivity contribution in [1.82, 2.24) is 0 Å². The third-order valence-electron chi connectivity index (χ3n) is 8.63. The predicted octanol–water partition coefficient (Wildman–Crippen LogP) is 4.72. The van der Waals surface area contributed by atoms with Crippen LogP contribution < -0.4 is 15.7 Å². The van der Waals surface area contributed by atoms with Crippen molar-refractivity contribution in [2.45, 2.75) is 97.1 Å². The maximum absolute atomic E-state index is 6.42. The molecule has 3 aliphatic rings. The van der Waals surface area contributed by atoms with Gasteiger partial charge in [-0.1, -0.05) is 38.1 Å². The highest BCUT2D eigenvalue weighted by molar-refractivity contribution is 6.62. The molecule has 0 amide bonds. The molecule has 0 unspecified atom stereocenters. The van der Waals surface area contributed by atoms with E-state index >= 15 is 0 Å². The van der Waals surface area contributed by atoms with E-state index in [2.05, 4.69) is 93.5 Å². The van der Waals surface area contributed by atoms with Crippen molar-refractivity contribution in [3.05, 3.63) is 47.5 Å². The fourth-order valence-electron chi connectivity index (χ4n) is 4.78. The first kappa shape index (κ1) is 23.9. The van der Waals surface area contributed by atoms with Crippen molar-refractivity contribution in [1.29, 1.82) is 0 Å². The summed E-state index contributed by atoms with van der Waals surface area (Å²) in [7, 11) is -0.826. The number of hydrogen-bond donors (Lipinski definition) is 0. The maximum Gasteiger partial charge on any atom is 0.494 e. The molecule has 0 spiro atoms. The highest BCUT2D eigenvalue weighted by atomic mass is 16.7. The molecule has 34 heavy (non-hydrogen) atoms. The summed E-state index contributed by atoms with van der Waals surface area (Å²) in [6, 6.07) is 12.5. The minimum Gasteiger partial charge on any atom is -0.457 e. The second-order valence-electron chi connectivity index (χ2n) is 12.4. The Labute approximate surface area is 204 Å². The van der Waals surface area contributed by atoms with E-state index in [1.165, 1.54) is 0 Å². The number of benzene rings is 2. The van der Waals surface area contributed by atoms with Gasteiger partial charge in [-0.05, 0) is 78.4 Å². The molecule has 2 saturated heterocycles. The molecule has 0 bridgehead atoms. The lowest BCUT2D eigenvalue weighted by Gasteiger charge is -2.35. The second-order valence-corrected chi connectivity index (χ2v) is 12.4. The van der Waals surface area contributed by atoms with Crippen LogP contribution in [0, 0.1) is 0 Å². The largest absolute Gasteiger partial charge is 0.494 e. The molecule has 0 aliphatic carbocycles. The summed E-state index contributed by atoms with van der Waals surface area (Å²) in [6.45, 7) is 21.0. The van der Waals surface area contributed by atoms with E-state index in [4.69, 9.17) is 23.4 Å². The summed E-state index contributed by atoms with van der Waals surface area (Å²) in [5.74, 6) is 1.69. The number of fused-ring (bicyclic) bond motifs is 2. The minimum absolute atomic E-state index is 0.253. The van der Waals surface area contributed by atoms with E-state index in [1.54, 1.807) is 0 Å². The fourth-order valence-corrected chi connectivity index (χ4v) is 4.78. The zero-order valence-corrected chi connectivity index (χ0v) is 22.2. The smallest absolute Gasteiger partial charge is 0.457 e. The summed E-state index contributed by atoms with van der Waals surface area (Å²) in [5.41, 5.74) is 2.44. The lowest BCUT2D eigenvalue weighted by molar-refractivity contribution is 0.00578. The SMILES string of the molecule is CC1(C)c2ccc(B3OC(C)(C)C(C)(C)O3)cc2Oc2ccc(B3OC(C)(C)C(C)(C)O3)cc21. The number of hydrogen-bond acceptors (Lipinski definition) is 5. The first-order valence-corrected chi connectivity index (χ1v) is 12.2. The molecule has 0 N–H and O–H groups in total. The highest BCUT2D eigenvalue weighted by Gasteiger charge is 2.53. The monoisotopic (exact) mass is 462 g/mol. The van der Waals surface area contributed by atoms with Gasteiger partial charge in [0.1, 0.15) is 11.5 Å². The minimum atomic E-state index is -0.422. The van der Waals surface area contributed by atoms with Crippen molar-refractivity contribution in [2.24, 2.45) is 0 Å². The van der Waals surface area contributed by atoms with Gasteiger partial charge in [-0.3, -0.25) is 0 Å². The van der Waals surface area contributed by atoms with Crippen LogP contribution in [0.2, 0.25) is 0 Å². The Morgan fingerprint density at radius 3 is 1.44 bits per heavy atom. The first-order chi connectivity index (χ1) is 15.5. The Balaban J connectivity index is 1.47. The van der Waals surface area contributed by atoms with Gasteiger partial charge in [0.05, 0.1) is 22.4 Å². The van der Waals surface area contributed by atoms with Crippen LogP contribution in [0.3, 0.4) is 0 Å². The van der Waals surface area contributed by atoms with Crippen LogP contribution in [0.15, 0.2) is 36.4 Å². The highest BCUT2D eigenvalue weighted by Crippen LogP contribution is 2.48. The summed E-state index contributed by atoms with van der Waals surface area (Å²) >= 11 is 0. The van der Waals surface area contributed by atoms with Crippen molar-refractivity contribution < 1.29 is 23.4 Å². The Morgan fingerprint density at radius 2 is 0.941 bits per heavy atom. The van der Waals surface area contributed by atoms with Crippen molar-refractivity contribution >= 4 is 25.2 Å². The summed E-state index contributed by atoms with van der Waals surface area (Å²) in [6.07, 6.45) is 0. The molecule has 0 atom stereocenters. The molecule has 0 radical (unpaired) electrons. The van der Waals surface area contributed by atoms with Gasteiger partial charge >= 0.3 is 14.2 Å². The van der Waals surface area contributed by atoms with Gasteiger partial charge in [0.15, 0.2) is 0 Å². The molecular formula is C27H36B2O5. The lowest BCUT2D eigenvalue weighted by Crippen LogP contribution is -2.41. The Bertz CT molecular complexity index is 1120. The average molecular weight is 462 g/mol. The first-order valence-electron chi connectivity index (χ1n) is 12.2. The zero-order chi connectivity index (χ0) is 24.9. The Kier molecular flexibility index (Phi) is 5.02. The second kappa shape index (κ2) is 7.13. The van der Waals surface area contributed by atoms with Crippen molar-refractivity contribution in [2.75, 3.05) is 0 Å². The third-order valence-corrected chi connectivity index (χ3v) is 8.63. The van der Waals surface area contributed by atoms with Crippen LogP contribution in [-0.2, 0) is 24.0 Å². The Morgan fingerprint density at radius 1 is 0.500 bits per heavy atom. The van der Waals surface area contributed by atoms with Crippen LogP contribution in [0.1, 0.15) is 80.4 Å². The maximum atomic E-state index is 6.42. The quantitative estimate of drug-likeness (QED) is 0.605. The molecule has 0 aromatic heterocycles. The molecule has 5 nitrogen and oxygen atoms in total. The molecule has 0 saturated carbocycles. The van der Waals surface area contributed by atoms with E-state index in [1.807, 2.05) is 12.1 Å². The Hall–Kier alpha value is -1.79. The average Bonchev–Trinajstić information content (AvgIpc) is 3.07. The molecular weight excluding hydrogens is 426 g/mol. The molecule has 2 aromatic carbocycles. The van der Waals surface area contributed by atoms with Gasteiger partial charge in [0.25, 0.3) is 0 Å². The topological polar surface area (TPSA) is 46.2 Å². The van der Waals surface area contributed by atoms with Gasteiger partial charge < -0.3 is 23.4 Å². The van der Waals surface area contributed by atoms with E-state index in [0.717, 1.165) is 33.6 Å². The van der Waals surface area contributed by atoms with Crippen LogP contribution in [0.25, 0.3) is 0 Å². The van der Waals surface area contributed by atoms with Gasteiger partial charge in [-0.25, -0.2) is 0 Å². The van der Waals surface area contributed by atoms with Crippen LogP contribution in [-0.4, -0.2) is 36.6 Å². The van der Waals surface area contributed by atoms with Crippen LogP contribution >= 0.6 is 0 Å². The van der Waals surface area contributed by atoms with Gasteiger partial charge in [-0.15, -0.1) is 0 Å². The summed E-state index contributed by atoms with van der Waals surface area (Å²) in [4.78, 5) is 0. The standard InChI is InChI=1S/C27H36B2O5/c1-23(2)19-13-11-18(29-33-26(7,8)27(9,10)34-29)16-22(19)30-21-14-12-17(15-20(21)23)28-31-24(3,4)25(5,6)32-28/h11-16H,1-10H3. The van der Waals surface area contributed by atoms with E-state index in [-0.39, 0.29) is 27.8 Å². The van der Waals surface area contributed by atoms with Crippen molar-refractivity contribution in [3.63, 3.8) is 0 Å². The number of rotatable bonds is 2. The molecule has 180 valence electrons. The molecule has 2 fully saturated rings. The van der Waals surface area contributed by atoms with Gasteiger partial charge in [-0.2, -0.15) is 0 Å².